The van der Waals surface area contributed by atoms with Gasteiger partial charge < -0.3 is 20.9 Å². The smallest absolute Gasteiger partial charge is 0.252 e. The minimum atomic E-state index is -0.563. The molecular weight excluding hydrogens is 392 g/mol. The third-order valence-corrected chi connectivity index (χ3v) is 5.44. The highest BCUT2D eigenvalue weighted by Gasteiger charge is 2.22. The van der Waals surface area contributed by atoms with Crippen molar-refractivity contribution in [3.63, 3.8) is 0 Å². The number of para-hydroxylation sites is 1. The van der Waals surface area contributed by atoms with Gasteiger partial charge in [0.1, 0.15) is 5.82 Å². The van der Waals surface area contributed by atoms with E-state index in [1.54, 1.807) is 12.1 Å². The number of primary amides is 1. The van der Waals surface area contributed by atoms with Gasteiger partial charge in [0.05, 0.1) is 16.6 Å². The van der Waals surface area contributed by atoms with Crippen molar-refractivity contribution in [2.45, 2.75) is 25.9 Å². The molecule has 0 spiro atoms. The Bertz CT molecular complexity index is 1250. The Morgan fingerprint density at radius 3 is 2.84 bits per heavy atom. The van der Waals surface area contributed by atoms with Gasteiger partial charge in [-0.1, -0.05) is 41.6 Å². The molecule has 0 saturated carbocycles. The van der Waals surface area contributed by atoms with Crippen LogP contribution < -0.4 is 16.4 Å². The largest absolute Gasteiger partial charge is 0.366 e. The Morgan fingerprint density at radius 1 is 1.13 bits per heavy atom. The molecule has 0 atom stereocenters. The molecule has 3 heterocycles. The van der Waals surface area contributed by atoms with Crippen LogP contribution in [0.25, 0.3) is 22.5 Å². The molecule has 0 bridgehead atoms. The molecule has 0 saturated heterocycles. The Morgan fingerprint density at radius 2 is 2.00 bits per heavy atom. The maximum atomic E-state index is 11.8. The number of fused-ring (bicyclic) bond motifs is 2. The van der Waals surface area contributed by atoms with Gasteiger partial charge in [-0.2, -0.15) is 0 Å². The summed E-state index contributed by atoms with van der Waals surface area (Å²) in [6.07, 6.45) is 1.84. The second-order valence-corrected chi connectivity index (χ2v) is 7.52. The van der Waals surface area contributed by atoms with Crippen molar-refractivity contribution < 1.29 is 9.32 Å². The minimum Gasteiger partial charge on any atom is -0.366 e. The molecule has 4 N–H and O–H groups in total. The van der Waals surface area contributed by atoms with Crippen molar-refractivity contribution in [2.24, 2.45) is 5.73 Å². The third kappa shape index (κ3) is 3.73. The summed E-state index contributed by atoms with van der Waals surface area (Å²) >= 11 is 0. The number of amides is 1. The van der Waals surface area contributed by atoms with E-state index in [1.165, 1.54) is 0 Å². The number of benzene rings is 2. The summed E-state index contributed by atoms with van der Waals surface area (Å²) in [6.45, 7) is 2.28. The lowest BCUT2D eigenvalue weighted by molar-refractivity contribution is 0.100. The summed E-state index contributed by atoms with van der Waals surface area (Å²) in [4.78, 5) is 21.4. The number of anilines is 1. The van der Waals surface area contributed by atoms with Crippen molar-refractivity contribution in [1.29, 1.82) is 0 Å². The first-order chi connectivity index (χ1) is 15.2. The Balaban J connectivity index is 1.59. The summed E-state index contributed by atoms with van der Waals surface area (Å²) in [5, 5.41) is 11.8. The highest BCUT2D eigenvalue weighted by atomic mass is 16.5. The molecule has 8 heteroatoms. The van der Waals surface area contributed by atoms with Crippen LogP contribution in [0.3, 0.4) is 0 Å². The number of carbonyl (C=O) groups excluding carboxylic acids is 1. The molecule has 156 valence electrons. The molecule has 5 rings (SSSR count). The van der Waals surface area contributed by atoms with E-state index in [2.05, 4.69) is 27.9 Å². The van der Waals surface area contributed by atoms with E-state index in [1.807, 2.05) is 24.3 Å². The molecule has 0 radical (unpaired) electrons. The molecule has 0 aliphatic carbocycles. The molecule has 1 aliphatic rings. The maximum absolute atomic E-state index is 11.8. The second kappa shape index (κ2) is 8.16. The fourth-order valence-corrected chi connectivity index (χ4v) is 3.87. The highest BCUT2D eigenvalue weighted by Crippen LogP contribution is 2.31. The molecule has 2 aromatic carbocycles. The monoisotopic (exact) mass is 414 g/mol. The van der Waals surface area contributed by atoms with Crippen LogP contribution in [0.1, 0.15) is 33.6 Å². The number of aromatic nitrogens is 3. The van der Waals surface area contributed by atoms with Crippen molar-refractivity contribution >= 4 is 22.7 Å². The van der Waals surface area contributed by atoms with Crippen molar-refractivity contribution in [2.75, 3.05) is 11.9 Å². The van der Waals surface area contributed by atoms with Crippen molar-refractivity contribution in [1.82, 2.24) is 20.4 Å². The minimum absolute atomic E-state index is 0.289. The van der Waals surface area contributed by atoms with E-state index in [0.29, 0.717) is 35.6 Å². The number of hydrogen-bond acceptors (Lipinski definition) is 7. The molecule has 1 aliphatic heterocycles. The molecule has 8 nitrogen and oxygen atoms in total. The first-order valence-electron chi connectivity index (χ1n) is 10.3. The highest BCUT2D eigenvalue weighted by molar-refractivity contribution is 6.06. The summed E-state index contributed by atoms with van der Waals surface area (Å²) in [6, 6.07) is 15.4. The van der Waals surface area contributed by atoms with E-state index >= 15 is 0 Å². The number of rotatable bonds is 5. The second-order valence-electron chi connectivity index (χ2n) is 7.52. The van der Waals surface area contributed by atoms with E-state index in [0.717, 1.165) is 42.0 Å². The Hall–Kier alpha value is -3.78. The predicted molar refractivity (Wildman–Crippen MR) is 117 cm³/mol. The van der Waals surface area contributed by atoms with Crippen LogP contribution in [0.5, 0.6) is 0 Å². The zero-order valence-electron chi connectivity index (χ0n) is 16.9. The van der Waals surface area contributed by atoms with Gasteiger partial charge in [-0.05, 0) is 37.1 Å². The van der Waals surface area contributed by atoms with Crippen LogP contribution in [0.15, 0.2) is 53.1 Å². The number of hydrogen-bond donors (Lipinski definition) is 3. The average molecular weight is 414 g/mol. The lowest BCUT2D eigenvalue weighted by atomic mass is 10.1. The lowest BCUT2D eigenvalue weighted by Crippen LogP contribution is -2.15. The quantitative estimate of drug-likeness (QED) is 0.459. The van der Waals surface area contributed by atoms with Crippen LogP contribution in [0.2, 0.25) is 0 Å². The van der Waals surface area contributed by atoms with E-state index in [-0.39, 0.29) is 5.56 Å². The molecule has 2 aromatic heterocycles. The normalized spacial score (nSPS) is 13.5. The Kier molecular flexibility index (Phi) is 5.05. The van der Waals surface area contributed by atoms with Crippen molar-refractivity contribution in [3.05, 3.63) is 70.9 Å². The molecule has 0 unspecified atom stereocenters. The fraction of sp³-hybridized carbons (Fsp3) is 0.217. The van der Waals surface area contributed by atoms with E-state index < -0.39 is 5.91 Å². The number of nitrogens with zero attached hydrogens (tertiary/aromatic N) is 3. The average Bonchev–Trinajstić information content (AvgIpc) is 3.08. The number of aryl methyl sites for hydroxylation is 1. The zero-order valence-corrected chi connectivity index (χ0v) is 16.9. The van der Waals surface area contributed by atoms with Crippen LogP contribution in [-0.2, 0) is 19.5 Å². The van der Waals surface area contributed by atoms with Gasteiger partial charge >= 0.3 is 0 Å². The molecule has 0 fully saturated rings. The van der Waals surface area contributed by atoms with Gasteiger partial charge in [0.25, 0.3) is 5.91 Å². The topological polar surface area (TPSA) is 119 Å². The maximum Gasteiger partial charge on any atom is 0.252 e. The van der Waals surface area contributed by atoms with Gasteiger partial charge in [-0.15, -0.1) is 0 Å². The number of nitrogens with two attached hydrogens (primary N) is 1. The van der Waals surface area contributed by atoms with Gasteiger partial charge in [-0.3, -0.25) is 4.79 Å². The van der Waals surface area contributed by atoms with Crippen LogP contribution >= 0.6 is 0 Å². The van der Waals surface area contributed by atoms with E-state index in [4.69, 9.17) is 20.2 Å². The van der Waals surface area contributed by atoms with E-state index in [9.17, 15) is 4.79 Å². The standard InChI is InChI=1S/C23H22N6O2/c24-21(30)16-9-4-8-15-19(29-31-20(15)16)23-27-18-10-5-11-25-13-17(18)22(28-23)26-12-14-6-2-1-3-7-14/h1-4,6-9,25H,5,10-13H2,(H2,24,30)(H,26,27,28). The van der Waals surface area contributed by atoms with Crippen LogP contribution in [0, 0.1) is 0 Å². The lowest BCUT2D eigenvalue weighted by Gasteiger charge is -2.14. The summed E-state index contributed by atoms with van der Waals surface area (Å²) in [5.41, 5.74) is 9.85. The van der Waals surface area contributed by atoms with Crippen LogP contribution in [-0.4, -0.2) is 27.6 Å². The number of carbonyl (C=O) groups is 1. The summed E-state index contributed by atoms with van der Waals surface area (Å²) < 4.78 is 5.47. The van der Waals surface area contributed by atoms with Gasteiger partial charge in [0.15, 0.2) is 17.1 Å². The molecule has 4 aromatic rings. The first-order valence-corrected chi connectivity index (χ1v) is 10.3. The van der Waals surface area contributed by atoms with Crippen molar-refractivity contribution in [3.8, 4) is 11.5 Å². The Labute approximate surface area is 178 Å². The predicted octanol–water partition coefficient (Wildman–Crippen LogP) is 3.03. The van der Waals surface area contributed by atoms with Gasteiger partial charge in [0, 0.05) is 18.7 Å². The summed E-state index contributed by atoms with van der Waals surface area (Å²) in [5.74, 6) is 0.685. The SMILES string of the molecule is NC(=O)c1cccc2c(-c3nc4c(c(NCc5ccccc5)n3)CNCCC4)noc12. The third-order valence-electron chi connectivity index (χ3n) is 5.44. The molecule has 31 heavy (non-hydrogen) atoms. The van der Waals surface area contributed by atoms with Gasteiger partial charge in [0.2, 0.25) is 0 Å². The van der Waals surface area contributed by atoms with Gasteiger partial charge in [-0.25, -0.2) is 9.97 Å². The first kappa shape index (κ1) is 19.2. The van der Waals surface area contributed by atoms with Crippen LogP contribution in [0.4, 0.5) is 5.82 Å². The molecular formula is C23H22N6O2. The fourth-order valence-electron chi connectivity index (χ4n) is 3.87. The number of nitrogens with one attached hydrogen (secondary N) is 2. The molecule has 1 amide bonds. The zero-order chi connectivity index (χ0) is 21.2. The summed E-state index contributed by atoms with van der Waals surface area (Å²) in [7, 11) is 0.